The van der Waals surface area contributed by atoms with E-state index in [1.165, 1.54) is 11.8 Å². The molecular formula is C17H18ClNO3S2. The van der Waals surface area contributed by atoms with Crippen LogP contribution in [0.1, 0.15) is 6.42 Å². The van der Waals surface area contributed by atoms with Crippen LogP contribution in [-0.2, 0) is 14.6 Å². The Kier molecular flexibility index (Phi) is 5.37. The van der Waals surface area contributed by atoms with Gasteiger partial charge in [-0.3, -0.25) is 4.79 Å². The number of rotatable bonds is 5. The fourth-order valence-electron chi connectivity index (χ4n) is 2.87. The molecule has 1 atom stereocenters. The summed E-state index contributed by atoms with van der Waals surface area (Å²) in [6.07, 6.45) is 0.634. The Morgan fingerprint density at radius 2 is 2.00 bits per heavy atom. The number of hydrogen-bond donors (Lipinski definition) is 1. The summed E-state index contributed by atoms with van der Waals surface area (Å²) in [5, 5.41) is 5.52. The zero-order valence-electron chi connectivity index (χ0n) is 13.0. The molecule has 1 heterocycles. The van der Waals surface area contributed by atoms with E-state index in [2.05, 4.69) is 5.32 Å². The summed E-state index contributed by atoms with van der Waals surface area (Å²) in [5.74, 6) is 0.643. The number of thioether (sulfide) groups is 1. The number of hydrogen-bond acceptors (Lipinski definition) is 4. The lowest BCUT2D eigenvalue weighted by Crippen LogP contribution is -2.31. The maximum atomic E-state index is 12.0. The first-order valence-electron chi connectivity index (χ1n) is 7.72. The Labute approximate surface area is 150 Å². The second kappa shape index (κ2) is 7.33. The van der Waals surface area contributed by atoms with Crippen LogP contribution in [0.25, 0.3) is 10.8 Å². The van der Waals surface area contributed by atoms with Crippen LogP contribution in [0.5, 0.6) is 0 Å². The second-order valence-electron chi connectivity index (χ2n) is 5.96. The maximum absolute atomic E-state index is 12.0. The molecule has 1 aliphatic heterocycles. The van der Waals surface area contributed by atoms with Crippen molar-refractivity contribution in [1.29, 1.82) is 0 Å². The monoisotopic (exact) mass is 383 g/mol. The molecule has 0 radical (unpaired) electrons. The molecule has 3 rings (SSSR count). The Morgan fingerprint density at radius 3 is 2.71 bits per heavy atom. The van der Waals surface area contributed by atoms with E-state index in [0.29, 0.717) is 18.0 Å². The fourth-order valence-corrected chi connectivity index (χ4v) is 6.01. The summed E-state index contributed by atoms with van der Waals surface area (Å²) in [4.78, 5) is 13.0. The van der Waals surface area contributed by atoms with Crippen LogP contribution < -0.4 is 5.32 Å². The zero-order valence-corrected chi connectivity index (χ0v) is 15.4. The summed E-state index contributed by atoms with van der Waals surface area (Å²) in [6.45, 7) is 0.426. The lowest BCUT2D eigenvalue weighted by atomic mass is 10.1. The summed E-state index contributed by atoms with van der Waals surface area (Å²) < 4.78 is 22.8. The van der Waals surface area contributed by atoms with Crippen molar-refractivity contribution in [1.82, 2.24) is 5.32 Å². The van der Waals surface area contributed by atoms with E-state index in [-0.39, 0.29) is 29.1 Å². The molecule has 0 aromatic heterocycles. The molecule has 2 aromatic carbocycles. The van der Waals surface area contributed by atoms with Crippen LogP contribution in [0.15, 0.2) is 41.3 Å². The van der Waals surface area contributed by atoms with Crippen LogP contribution in [-0.4, -0.2) is 38.1 Å². The number of amides is 1. The van der Waals surface area contributed by atoms with Gasteiger partial charge in [-0.15, -0.1) is 11.8 Å². The van der Waals surface area contributed by atoms with E-state index in [0.717, 1.165) is 15.7 Å². The van der Waals surface area contributed by atoms with Crippen LogP contribution in [0.3, 0.4) is 0 Å². The van der Waals surface area contributed by atoms with E-state index in [1.54, 1.807) is 0 Å². The molecule has 1 saturated heterocycles. The molecule has 0 bridgehead atoms. The average molecular weight is 384 g/mol. The van der Waals surface area contributed by atoms with Gasteiger partial charge in [-0.05, 0) is 29.9 Å². The van der Waals surface area contributed by atoms with E-state index in [1.807, 2.05) is 36.4 Å². The van der Waals surface area contributed by atoms with Gasteiger partial charge in [0.05, 0.1) is 17.3 Å². The first-order chi connectivity index (χ1) is 11.4. The summed E-state index contributed by atoms with van der Waals surface area (Å²) in [6, 6.07) is 11.6. The van der Waals surface area contributed by atoms with Crippen LogP contribution in [0.2, 0.25) is 5.02 Å². The van der Waals surface area contributed by atoms with Crippen molar-refractivity contribution in [3.63, 3.8) is 0 Å². The predicted molar refractivity (Wildman–Crippen MR) is 99.5 cm³/mol. The largest absolute Gasteiger partial charge is 0.355 e. The quantitative estimate of drug-likeness (QED) is 0.805. The molecule has 7 heteroatoms. The highest BCUT2D eigenvalue weighted by atomic mass is 35.5. The van der Waals surface area contributed by atoms with E-state index >= 15 is 0 Å². The molecule has 1 fully saturated rings. The van der Waals surface area contributed by atoms with E-state index in [9.17, 15) is 13.2 Å². The molecule has 1 unspecified atom stereocenters. The predicted octanol–water partition coefficient (Wildman–Crippen LogP) is 3.14. The standard InChI is InChI=1S/C17H18ClNO3S2/c18-14-5-1-3-13-4-2-6-15(17(13)14)23-10-16(20)19-9-12-7-8-24(21,22)11-12/h1-6,12H,7-11H2,(H,19,20). The van der Waals surface area contributed by atoms with Gasteiger partial charge in [-0.25, -0.2) is 8.42 Å². The average Bonchev–Trinajstić information content (AvgIpc) is 2.90. The minimum Gasteiger partial charge on any atom is -0.355 e. The molecule has 128 valence electrons. The smallest absolute Gasteiger partial charge is 0.230 e. The third kappa shape index (κ3) is 4.23. The number of halogens is 1. The molecule has 0 saturated carbocycles. The number of carbonyl (C=O) groups excluding carboxylic acids is 1. The zero-order chi connectivity index (χ0) is 17.2. The lowest BCUT2D eigenvalue weighted by Gasteiger charge is -2.11. The van der Waals surface area contributed by atoms with E-state index < -0.39 is 9.84 Å². The normalized spacial score (nSPS) is 19.5. The fraction of sp³-hybridized carbons (Fsp3) is 0.353. The van der Waals surface area contributed by atoms with Crippen molar-refractivity contribution in [2.45, 2.75) is 11.3 Å². The van der Waals surface area contributed by atoms with Gasteiger partial charge in [0, 0.05) is 21.8 Å². The van der Waals surface area contributed by atoms with Crippen molar-refractivity contribution in [3.8, 4) is 0 Å². The summed E-state index contributed by atoms with van der Waals surface area (Å²) in [7, 11) is -2.90. The Morgan fingerprint density at radius 1 is 1.25 bits per heavy atom. The van der Waals surface area contributed by atoms with Gasteiger partial charge < -0.3 is 5.32 Å². The van der Waals surface area contributed by atoms with Crippen molar-refractivity contribution in [2.24, 2.45) is 5.92 Å². The first-order valence-corrected chi connectivity index (χ1v) is 10.9. The van der Waals surface area contributed by atoms with E-state index in [4.69, 9.17) is 11.6 Å². The highest BCUT2D eigenvalue weighted by molar-refractivity contribution is 8.00. The Bertz CT molecular complexity index is 862. The molecule has 1 aliphatic rings. The molecule has 4 nitrogen and oxygen atoms in total. The van der Waals surface area contributed by atoms with Crippen LogP contribution >= 0.6 is 23.4 Å². The number of nitrogens with one attached hydrogen (secondary N) is 1. The summed E-state index contributed by atoms with van der Waals surface area (Å²) in [5.41, 5.74) is 0. The Hall–Kier alpha value is -1.24. The molecular weight excluding hydrogens is 366 g/mol. The molecule has 2 aromatic rings. The van der Waals surface area contributed by atoms with Crippen LogP contribution in [0, 0.1) is 5.92 Å². The van der Waals surface area contributed by atoms with Gasteiger partial charge in [0.15, 0.2) is 9.84 Å². The third-order valence-electron chi connectivity index (χ3n) is 4.09. The first kappa shape index (κ1) is 17.6. The van der Waals surface area contributed by atoms with Gasteiger partial charge in [0.25, 0.3) is 0 Å². The van der Waals surface area contributed by atoms with Gasteiger partial charge >= 0.3 is 0 Å². The Balaban J connectivity index is 1.57. The third-order valence-corrected chi connectivity index (χ3v) is 7.30. The number of carbonyl (C=O) groups is 1. The minimum absolute atomic E-state index is 0.0379. The SMILES string of the molecule is O=C(CSc1cccc2cccc(Cl)c12)NCC1CCS(=O)(=O)C1. The maximum Gasteiger partial charge on any atom is 0.230 e. The minimum atomic E-state index is -2.90. The lowest BCUT2D eigenvalue weighted by molar-refractivity contribution is -0.118. The number of sulfone groups is 1. The van der Waals surface area contributed by atoms with Gasteiger partial charge in [-0.1, -0.05) is 35.9 Å². The van der Waals surface area contributed by atoms with Crippen molar-refractivity contribution in [2.75, 3.05) is 23.8 Å². The number of benzene rings is 2. The molecule has 1 amide bonds. The highest BCUT2D eigenvalue weighted by Crippen LogP contribution is 2.33. The molecule has 1 N–H and O–H groups in total. The van der Waals surface area contributed by atoms with Crippen molar-refractivity contribution < 1.29 is 13.2 Å². The molecule has 0 spiro atoms. The summed E-state index contributed by atoms with van der Waals surface area (Å²) >= 11 is 7.72. The van der Waals surface area contributed by atoms with Gasteiger partial charge in [0.1, 0.15) is 0 Å². The number of fused-ring (bicyclic) bond motifs is 1. The topological polar surface area (TPSA) is 63.2 Å². The van der Waals surface area contributed by atoms with Gasteiger partial charge in [0.2, 0.25) is 5.91 Å². The van der Waals surface area contributed by atoms with Crippen LogP contribution in [0.4, 0.5) is 0 Å². The van der Waals surface area contributed by atoms with Crippen molar-refractivity contribution >= 4 is 49.9 Å². The highest BCUT2D eigenvalue weighted by Gasteiger charge is 2.27. The van der Waals surface area contributed by atoms with Crippen molar-refractivity contribution in [3.05, 3.63) is 41.4 Å². The van der Waals surface area contributed by atoms with Gasteiger partial charge in [-0.2, -0.15) is 0 Å². The second-order valence-corrected chi connectivity index (χ2v) is 9.61. The molecule has 24 heavy (non-hydrogen) atoms. The molecule has 0 aliphatic carbocycles.